The van der Waals surface area contributed by atoms with Crippen LogP contribution in [0.2, 0.25) is 0 Å². The van der Waals surface area contributed by atoms with Crippen molar-refractivity contribution >= 4 is 0 Å². The lowest BCUT2D eigenvalue weighted by molar-refractivity contribution is -0.378. The second-order valence-corrected chi connectivity index (χ2v) is 8.68. The lowest BCUT2D eigenvalue weighted by Gasteiger charge is -2.32. The molecule has 0 aliphatic heterocycles. The number of nitrogens with one attached hydrogen (secondary N) is 2. The Hall–Kier alpha value is -3.26. The van der Waals surface area contributed by atoms with Gasteiger partial charge in [0.2, 0.25) is 0 Å². The van der Waals surface area contributed by atoms with Gasteiger partial charge in [0.25, 0.3) is 0 Å². The molecule has 0 unspecified atom stereocenters. The summed E-state index contributed by atoms with van der Waals surface area (Å²) in [6.07, 6.45) is 12.7. The Bertz CT molecular complexity index is 1100. The molecule has 2 aromatic heterocycles. The Morgan fingerprint density at radius 1 is 0.548 bits per heavy atom. The van der Waals surface area contributed by atoms with Gasteiger partial charge in [-0.05, 0) is 69.5 Å². The molecule has 31 heavy (non-hydrogen) atoms. The van der Waals surface area contributed by atoms with Crippen LogP contribution in [0.3, 0.4) is 0 Å². The monoisotopic (exact) mass is 406 g/mol. The largest absolute Gasteiger partial charge is 0.218 e. The van der Waals surface area contributed by atoms with Crippen molar-refractivity contribution in [2.75, 3.05) is 0 Å². The van der Waals surface area contributed by atoms with E-state index in [1.54, 1.807) is 0 Å². The Labute approximate surface area is 185 Å². The fourth-order valence-corrected chi connectivity index (χ4v) is 5.53. The highest BCUT2D eigenvalue weighted by Crippen LogP contribution is 2.55. The summed E-state index contributed by atoms with van der Waals surface area (Å²) in [5.41, 5.74) is 11.1. The molecule has 0 radical (unpaired) electrons. The Morgan fingerprint density at radius 2 is 0.968 bits per heavy atom. The highest BCUT2D eigenvalue weighted by atomic mass is 14.6. The van der Waals surface area contributed by atoms with Crippen molar-refractivity contribution < 1.29 is 9.97 Å². The molecule has 0 fully saturated rings. The van der Waals surface area contributed by atoms with Gasteiger partial charge in [-0.2, -0.15) is 0 Å². The van der Waals surface area contributed by atoms with Crippen molar-refractivity contribution in [1.82, 2.24) is 0 Å². The smallest absolute Gasteiger partial charge is 0.167 e. The molecular weight excluding hydrogens is 376 g/mol. The molecule has 0 amide bonds. The second kappa shape index (κ2) is 8.11. The first-order valence-corrected chi connectivity index (χ1v) is 11.5. The molecule has 0 spiro atoms. The Kier molecular flexibility index (Phi) is 5.15. The van der Waals surface area contributed by atoms with Crippen LogP contribution in [0, 0.1) is 0 Å². The number of benzene rings is 2. The third-order valence-corrected chi connectivity index (χ3v) is 6.82. The average Bonchev–Trinajstić information content (AvgIpc) is 3.09. The number of H-pyrrole nitrogens is 2. The van der Waals surface area contributed by atoms with E-state index in [1.807, 2.05) is 24.8 Å². The maximum absolute atomic E-state index is 3.15. The summed E-state index contributed by atoms with van der Waals surface area (Å²) in [7, 11) is 0. The number of fused-ring (bicyclic) bond motifs is 3. The molecule has 1 aliphatic carbocycles. The van der Waals surface area contributed by atoms with Gasteiger partial charge < -0.3 is 0 Å². The lowest BCUT2D eigenvalue weighted by Crippen LogP contribution is -2.25. The summed E-state index contributed by atoms with van der Waals surface area (Å²) < 4.78 is 0. The van der Waals surface area contributed by atoms with E-state index in [1.165, 1.54) is 70.2 Å². The first-order chi connectivity index (χ1) is 15.3. The average molecular weight is 407 g/mol. The van der Waals surface area contributed by atoms with E-state index in [0.717, 1.165) is 0 Å². The summed E-state index contributed by atoms with van der Waals surface area (Å²) in [4.78, 5) is 6.29. The zero-order valence-corrected chi connectivity index (χ0v) is 18.4. The molecule has 2 heterocycles. The van der Waals surface area contributed by atoms with E-state index in [0.29, 0.717) is 0 Å². The number of hydrogen-bond acceptors (Lipinski definition) is 0. The zero-order valence-electron chi connectivity index (χ0n) is 18.4. The van der Waals surface area contributed by atoms with Crippen molar-refractivity contribution in [3.63, 3.8) is 0 Å². The van der Waals surface area contributed by atoms with Crippen molar-refractivity contribution in [2.24, 2.45) is 0 Å². The third kappa shape index (κ3) is 3.27. The minimum Gasteiger partial charge on any atom is -0.218 e. The van der Waals surface area contributed by atoms with Crippen LogP contribution < -0.4 is 9.97 Å². The summed E-state index contributed by atoms with van der Waals surface area (Å²) in [6.45, 7) is 4.64. The maximum atomic E-state index is 3.15. The molecule has 4 aromatic rings. The Balaban J connectivity index is 1.72. The number of rotatable bonds is 6. The molecule has 2 heteroatoms. The first-order valence-electron chi connectivity index (χ1n) is 11.5. The van der Waals surface area contributed by atoms with E-state index >= 15 is 0 Å². The van der Waals surface area contributed by atoms with Crippen molar-refractivity contribution in [2.45, 2.75) is 44.9 Å². The number of pyridine rings is 2. The van der Waals surface area contributed by atoms with E-state index in [2.05, 4.69) is 84.5 Å². The van der Waals surface area contributed by atoms with Gasteiger partial charge in [0, 0.05) is 29.7 Å². The number of aromatic nitrogens is 2. The molecular formula is C29H30N2+2. The molecule has 0 saturated heterocycles. The minimum absolute atomic E-state index is 0.0853. The summed E-state index contributed by atoms with van der Waals surface area (Å²) in [5.74, 6) is 0. The molecule has 1 aliphatic rings. The van der Waals surface area contributed by atoms with Crippen molar-refractivity contribution in [3.05, 3.63) is 96.6 Å². The molecule has 2 N–H and O–H groups in total. The first kappa shape index (κ1) is 19.7. The molecule has 0 bridgehead atoms. The van der Waals surface area contributed by atoms with E-state index in [-0.39, 0.29) is 5.41 Å². The highest BCUT2D eigenvalue weighted by Gasteiger charge is 2.42. The summed E-state index contributed by atoms with van der Waals surface area (Å²) in [6, 6.07) is 22.9. The molecule has 2 aromatic carbocycles. The van der Waals surface area contributed by atoms with Crippen LogP contribution in [-0.2, 0) is 5.41 Å². The van der Waals surface area contributed by atoms with Crippen molar-refractivity contribution in [3.8, 4) is 33.4 Å². The summed E-state index contributed by atoms with van der Waals surface area (Å²) >= 11 is 0. The van der Waals surface area contributed by atoms with Gasteiger partial charge in [0.1, 0.15) is 0 Å². The predicted octanol–water partition coefficient (Wildman–Crippen LogP) is 6.52. The predicted molar refractivity (Wildman–Crippen MR) is 126 cm³/mol. The van der Waals surface area contributed by atoms with Gasteiger partial charge in [-0.15, -0.1) is 0 Å². The van der Waals surface area contributed by atoms with Gasteiger partial charge in [-0.3, -0.25) is 0 Å². The second-order valence-electron chi connectivity index (χ2n) is 8.68. The quantitative estimate of drug-likeness (QED) is 0.349. The third-order valence-electron chi connectivity index (χ3n) is 6.82. The minimum atomic E-state index is 0.0853. The van der Waals surface area contributed by atoms with E-state index in [9.17, 15) is 0 Å². The van der Waals surface area contributed by atoms with Crippen LogP contribution in [-0.4, -0.2) is 0 Å². The van der Waals surface area contributed by atoms with Crippen LogP contribution >= 0.6 is 0 Å². The molecule has 0 saturated carbocycles. The van der Waals surface area contributed by atoms with Gasteiger partial charge in [-0.1, -0.05) is 51.0 Å². The van der Waals surface area contributed by atoms with Gasteiger partial charge in [0.05, 0.1) is 0 Å². The molecule has 2 nitrogen and oxygen atoms in total. The van der Waals surface area contributed by atoms with Gasteiger partial charge in [-0.25, -0.2) is 9.97 Å². The standard InChI is InChI=1S/C29H28N2/c1-3-13-29(14-4-2)27-19-23(21-9-15-30-16-10-21)5-7-25(27)26-8-6-24(20-28(26)29)22-11-17-31-18-12-22/h5-12,15-20H,3-4,13-14H2,1-2H3/p+2. The zero-order chi connectivity index (χ0) is 21.3. The van der Waals surface area contributed by atoms with Crippen LogP contribution in [0.25, 0.3) is 33.4 Å². The van der Waals surface area contributed by atoms with Crippen molar-refractivity contribution in [1.29, 1.82) is 0 Å². The number of aromatic amines is 2. The van der Waals surface area contributed by atoms with E-state index in [4.69, 9.17) is 0 Å². The normalized spacial score (nSPS) is 13.6. The Morgan fingerprint density at radius 3 is 1.35 bits per heavy atom. The SMILES string of the molecule is CCCC1(CCC)c2cc(-c3cc[nH+]cc3)ccc2-c2ccc(-c3cc[nH+]cc3)cc21. The van der Waals surface area contributed by atoms with Crippen LogP contribution in [0.15, 0.2) is 85.5 Å². The highest BCUT2D eigenvalue weighted by molar-refractivity contribution is 5.86. The van der Waals surface area contributed by atoms with Gasteiger partial charge in [0.15, 0.2) is 24.8 Å². The molecule has 154 valence electrons. The fourth-order valence-electron chi connectivity index (χ4n) is 5.53. The van der Waals surface area contributed by atoms with E-state index < -0.39 is 0 Å². The number of hydrogen-bond donors (Lipinski definition) is 0. The fraction of sp³-hybridized carbons (Fsp3) is 0.241. The van der Waals surface area contributed by atoms with Crippen LogP contribution in [0.1, 0.15) is 50.7 Å². The van der Waals surface area contributed by atoms with Crippen LogP contribution in [0.4, 0.5) is 0 Å². The molecule has 0 atom stereocenters. The van der Waals surface area contributed by atoms with Gasteiger partial charge >= 0.3 is 0 Å². The summed E-state index contributed by atoms with van der Waals surface area (Å²) in [5, 5.41) is 0. The topological polar surface area (TPSA) is 28.3 Å². The molecule has 5 rings (SSSR count). The lowest BCUT2D eigenvalue weighted by atomic mass is 9.71. The van der Waals surface area contributed by atoms with Crippen LogP contribution in [0.5, 0.6) is 0 Å². The maximum Gasteiger partial charge on any atom is 0.167 e.